The zero-order valence-corrected chi connectivity index (χ0v) is 23.2. The minimum Gasteiger partial charge on any atom is -0.366 e. The van der Waals surface area contributed by atoms with Gasteiger partial charge in [-0.05, 0) is 74.1 Å². The summed E-state index contributed by atoms with van der Waals surface area (Å²) >= 11 is 0. The maximum atomic E-state index is 13.6. The third-order valence-electron chi connectivity index (χ3n) is 8.46. The number of piperidine rings is 1. The standard InChI is InChI=1S/C33H34N4O3/c1-4-22-12-14-36(15-13-22)33(39)24-10-11-28-26(16-24)31-27(32(34)38)17-25(30-20(2)35-40-21(30)3)18-29(31)37(28)19-23-8-6-5-7-9-23/h5-11,16-18,22H,4,12-15,19H2,1-3H3,(H2,34,38). The van der Waals surface area contributed by atoms with Crippen molar-refractivity contribution in [2.24, 2.45) is 11.7 Å². The number of primary amides is 1. The van der Waals surface area contributed by atoms with Crippen LogP contribution in [0.4, 0.5) is 0 Å². The Bertz CT molecular complexity index is 1720. The number of hydrogen-bond acceptors (Lipinski definition) is 4. The first kappa shape index (κ1) is 25.9. The maximum absolute atomic E-state index is 13.6. The molecule has 1 saturated heterocycles. The van der Waals surface area contributed by atoms with E-state index in [4.69, 9.17) is 10.3 Å². The summed E-state index contributed by atoms with van der Waals surface area (Å²) < 4.78 is 7.65. The normalized spacial score (nSPS) is 14.3. The van der Waals surface area contributed by atoms with Crippen molar-refractivity contribution < 1.29 is 14.1 Å². The highest BCUT2D eigenvalue weighted by atomic mass is 16.5. The van der Waals surface area contributed by atoms with Crippen LogP contribution in [0.3, 0.4) is 0 Å². The lowest BCUT2D eigenvalue weighted by Crippen LogP contribution is -2.38. The molecule has 0 radical (unpaired) electrons. The molecule has 7 nitrogen and oxygen atoms in total. The Labute approximate surface area is 233 Å². The number of fused-ring (bicyclic) bond motifs is 3. The van der Waals surface area contributed by atoms with Crippen molar-refractivity contribution in [3.05, 3.63) is 88.8 Å². The van der Waals surface area contributed by atoms with E-state index in [1.807, 2.05) is 61.2 Å². The third-order valence-corrected chi connectivity index (χ3v) is 8.46. The number of aromatic nitrogens is 2. The van der Waals surface area contributed by atoms with Crippen molar-refractivity contribution in [3.63, 3.8) is 0 Å². The van der Waals surface area contributed by atoms with Crippen LogP contribution >= 0.6 is 0 Å². The Hall–Kier alpha value is -4.39. The topological polar surface area (TPSA) is 94.4 Å². The van der Waals surface area contributed by atoms with Gasteiger partial charge in [0.2, 0.25) is 5.91 Å². The van der Waals surface area contributed by atoms with Crippen molar-refractivity contribution in [2.45, 2.75) is 46.6 Å². The Morgan fingerprint density at radius 3 is 2.40 bits per heavy atom. The maximum Gasteiger partial charge on any atom is 0.253 e. The van der Waals surface area contributed by atoms with Crippen LogP contribution in [0.1, 0.15) is 63.9 Å². The van der Waals surface area contributed by atoms with Gasteiger partial charge in [0.1, 0.15) is 5.76 Å². The van der Waals surface area contributed by atoms with Gasteiger partial charge >= 0.3 is 0 Å². The van der Waals surface area contributed by atoms with Crippen LogP contribution in [-0.4, -0.2) is 39.5 Å². The smallest absolute Gasteiger partial charge is 0.253 e. The molecule has 0 unspecified atom stereocenters. The summed E-state index contributed by atoms with van der Waals surface area (Å²) in [6.07, 6.45) is 3.23. The van der Waals surface area contributed by atoms with Gasteiger partial charge in [-0.2, -0.15) is 0 Å². The van der Waals surface area contributed by atoms with E-state index in [2.05, 4.69) is 34.8 Å². The van der Waals surface area contributed by atoms with Gasteiger partial charge in [-0.25, -0.2) is 0 Å². The SMILES string of the molecule is CCC1CCN(C(=O)c2ccc3c(c2)c2c(C(N)=O)cc(-c4c(C)noc4C)cc2n3Cc2ccccc2)CC1. The second-order valence-electron chi connectivity index (χ2n) is 10.9. The lowest BCUT2D eigenvalue weighted by Gasteiger charge is -2.31. The van der Waals surface area contributed by atoms with E-state index in [1.54, 1.807) is 0 Å². The molecule has 2 aromatic heterocycles. The third kappa shape index (κ3) is 4.45. The summed E-state index contributed by atoms with van der Waals surface area (Å²) in [6, 6.07) is 20.0. The molecule has 3 heterocycles. The van der Waals surface area contributed by atoms with Crippen LogP contribution in [0.5, 0.6) is 0 Å². The van der Waals surface area contributed by atoms with Crippen LogP contribution in [0.25, 0.3) is 32.9 Å². The molecule has 6 rings (SSSR count). The molecule has 1 aliphatic heterocycles. The highest BCUT2D eigenvalue weighted by Gasteiger charge is 2.25. The first-order valence-electron chi connectivity index (χ1n) is 14.0. The van der Waals surface area contributed by atoms with Crippen molar-refractivity contribution in [3.8, 4) is 11.1 Å². The van der Waals surface area contributed by atoms with Crippen molar-refractivity contribution in [2.75, 3.05) is 13.1 Å². The fourth-order valence-corrected chi connectivity index (χ4v) is 6.25. The van der Waals surface area contributed by atoms with E-state index in [9.17, 15) is 9.59 Å². The fourth-order valence-electron chi connectivity index (χ4n) is 6.25. The van der Waals surface area contributed by atoms with E-state index in [0.717, 1.165) is 76.5 Å². The quantitative estimate of drug-likeness (QED) is 0.270. The van der Waals surface area contributed by atoms with E-state index in [0.29, 0.717) is 29.3 Å². The van der Waals surface area contributed by atoms with Crippen LogP contribution in [0.2, 0.25) is 0 Å². The summed E-state index contributed by atoms with van der Waals surface area (Å²) in [6.45, 7) is 8.12. The molecule has 1 aliphatic rings. The number of benzene rings is 3. The predicted molar refractivity (Wildman–Crippen MR) is 157 cm³/mol. The number of carbonyl (C=O) groups excluding carboxylic acids is 2. The van der Waals surface area contributed by atoms with Gasteiger partial charge in [-0.3, -0.25) is 9.59 Å². The molecular formula is C33H34N4O3. The molecule has 0 atom stereocenters. The molecule has 40 heavy (non-hydrogen) atoms. The Kier molecular flexibility index (Phi) is 6.66. The molecule has 0 saturated carbocycles. The Balaban J connectivity index is 1.56. The van der Waals surface area contributed by atoms with Gasteiger partial charge in [-0.15, -0.1) is 0 Å². The molecule has 2 N–H and O–H groups in total. The summed E-state index contributed by atoms with van der Waals surface area (Å²) in [4.78, 5) is 28.5. The molecule has 0 spiro atoms. The number of aryl methyl sites for hydroxylation is 2. The predicted octanol–water partition coefficient (Wildman–Crippen LogP) is 6.48. The monoisotopic (exact) mass is 534 g/mol. The zero-order valence-electron chi connectivity index (χ0n) is 23.2. The minimum atomic E-state index is -0.518. The summed E-state index contributed by atoms with van der Waals surface area (Å²) in [5, 5.41) is 5.73. The second kappa shape index (κ2) is 10.3. The van der Waals surface area contributed by atoms with Gasteiger partial charge < -0.3 is 19.7 Å². The number of carbonyl (C=O) groups is 2. The van der Waals surface area contributed by atoms with Crippen LogP contribution in [0, 0.1) is 19.8 Å². The van der Waals surface area contributed by atoms with Crippen molar-refractivity contribution >= 4 is 33.6 Å². The number of nitrogens with two attached hydrogens (primary N) is 1. The van der Waals surface area contributed by atoms with Crippen LogP contribution in [0.15, 0.2) is 65.2 Å². The number of rotatable bonds is 6. The average Bonchev–Trinajstić information content (AvgIpc) is 3.47. The lowest BCUT2D eigenvalue weighted by atomic mass is 9.94. The first-order valence-corrected chi connectivity index (χ1v) is 14.0. The fraction of sp³-hybridized carbons (Fsp3) is 0.303. The van der Waals surface area contributed by atoms with Gasteiger partial charge in [0.05, 0.1) is 11.2 Å². The molecule has 3 aromatic carbocycles. The van der Waals surface area contributed by atoms with Crippen LogP contribution < -0.4 is 5.73 Å². The molecule has 2 amide bonds. The van der Waals surface area contributed by atoms with E-state index in [-0.39, 0.29) is 5.91 Å². The largest absolute Gasteiger partial charge is 0.366 e. The summed E-state index contributed by atoms with van der Waals surface area (Å²) in [5.41, 5.74) is 12.4. The highest BCUT2D eigenvalue weighted by molar-refractivity contribution is 6.20. The number of amides is 2. The molecule has 0 aliphatic carbocycles. The van der Waals surface area contributed by atoms with Gasteiger partial charge in [0.25, 0.3) is 5.91 Å². The number of likely N-dealkylation sites (tertiary alicyclic amines) is 1. The van der Waals surface area contributed by atoms with E-state index in [1.165, 1.54) is 0 Å². The zero-order chi connectivity index (χ0) is 28.0. The summed E-state index contributed by atoms with van der Waals surface area (Å²) in [7, 11) is 0. The van der Waals surface area contributed by atoms with Gasteiger partial charge in [0.15, 0.2) is 0 Å². The first-order chi connectivity index (χ1) is 19.4. The average molecular weight is 535 g/mol. The molecular weight excluding hydrogens is 500 g/mol. The van der Waals surface area contributed by atoms with Crippen LogP contribution in [-0.2, 0) is 6.54 Å². The van der Waals surface area contributed by atoms with Gasteiger partial charge in [-0.1, -0.05) is 48.8 Å². The molecule has 7 heteroatoms. The molecule has 1 fully saturated rings. The Morgan fingerprint density at radius 2 is 1.75 bits per heavy atom. The van der Waals surface area contributed by atoms with Crippen molar-refractivity contribution in [1.82, 2.24) is 14.6 Å². The highest BCUT2D eigenvalue weighted by Crippen LogP contribution is 2.38. The van der Waals surface area contributed by atoms with E-state index >= 15 is 0 Å². The lowest BCUT2D eigenvalue weighted by molar-refractivity contribution is 0.0689. The van der Waals surface area contributed by atoms with Crippen molar-refractivity contribution in [1.29, 1.82) is 0 Å². The van der Waals surface area contributed by atoms with Gasteiger partial charge in [0, 0.05) is 52.6 Å². The van der Waals surface area contributed by atoms with E-state index < -0.39 is 5.91 Å². The minimum absolute atomic E-state index is 0.0355. The second-order valence-corrected chi connectivity index (χ2v) is 10.9. The molecule has 204 valence electrons. The number of hydrogen-bond donors (Lipinski definition) is 1. The Morgan fingerprint density at radius 1 is 1.00 bits per heavy atom. The summed E-state index contributed by atoms with van der Waals surface area (Å²) in [5.74, 6) is 0.884. The number of nitrogens with zero attached hydrogens (tertiary/aromatic N) is 3. The molecule has 0 bridgehead atoms. The molecule has 5 aromatic rings.